The van der Waals surface area contributed by atoms with Gasteiger partial charge in [-0.1, -0.05) is 44.9 Å². The standard InChI is InChI=1S/C17H26O3S/c1-11(2)14-7-5-12(3)9-15(14)16-10-13(4)6-8-17(16)21(18,19)20/h6,8,10-12,14-15H,5,7,9H2,1-4H3,(H,18,19,20)/t12-,14+,15-/m1/s1. The second kappa shape index (κ2) is 6.09. The van der Waals surface area contributed by atoms with Crippen LogP contribution in [0.15, 0.2) is 23.1 Å². The SMILES string of the molecule is Cc1ccc(S(=O)(=O)O)c([C@@H]2C[C@H](C)CC[C@H]2C(C)C)c1. The van der Waals surface area contributed by atoms with E-state index in [1.807, 2.05) is 13.0 Å². The van der Waals surface area contributed by atoms with Gasteiger partial charge in [0.25, 0.3) is 10.1 Å². The van der Waals surface area contributed by atoms with Crippen LogP contribution in [0.1, 0.15) is 57.1 Å². The van der Waals surface area contributed by atoms with Crippen molar-refractivity contribution < 1.29 is 13.0 Å². The first-order chi connectivity index (χ1) is 9.70. The molecular formula is C17H26O3S. The summed E-state index contributed by atoms with van der Waals surface area (Å²) in [6, 6.07) is 5.25. The first-order valence-corrected chi connectivity index (χ1v) is 9.22. The lowest BCUT2D eigenvalue weighted by Crippen LogP contribution is -2.27. The maximum Gasteiger partial charge on any atom is 0.294 e. The number of hydrogen-bond donors (Lipinski definition) is 1. The minimum absolute atomic E-state index is 0.0952. The van der Waals surface area contributed by atoms with Gasteiger partial charge in [0.2, 0.25) is 0 Å². The molecule has 0 bridgehead atoms. The minimum Gasteiger partial charge on any atom is -0.282 e. The quantitative estimate of drug-likeness (QED) is 0.841. The summed E-state index contributed by atoms with van der Waals surface area (Å²) in [4.78, 5) is 0.0952. The molecule has 21 heavy (non-hydrogen) atoms. The van der Waals surface area contributed by atoms with Crippen molar-refractivity contribution in [2.24, 2.45) is 17.8 Å². The van der Waals surface area contributed by atoms with Gasteiger partial charge in [-0.15, -0.1) is 0 Å². The predicted molar refractivity (Wildman–Crippen MR) is 85.1 cm³/mol. The predicted octanol–water partition coefficient (Wildman–Crippen LogP) is 4.42. The third-order valence-electron chi connectivity index (χ3n) is 4.86. The zero-order valence-electron chi connectivity index (χ0n) is 13.3. The summed E-state index contributed by atoms with van der Waals surface area (Å²) in [5, 5.41) is 0. The molecule has 3 nitrogen and oxygen atoms in total. The van der Waals surface area contributed by atoms with Crippen LogP contribution >= 0.6 is 0 Å². The average Bonchev–Trinajstić information content (AvgIpc) is 2.36. The van der Waals surface area contributed by atoms with Gasteiger partial charge in [-0.05, 0) is 55.1 Å². The van der Waals surface area contributed by atoms with E-state index in [0.29, 0.717) is 17.8 Å². The third kappa shape index (κ3) is 3.67. The molecule has 1 aliphatic carbocycles. The lowest BCUT2D eigenvalue weighted by Gasteiger charge is -2.38. The fraction of sp³-hybridized carbons (Fsp3) is 0.647. The Kier molecular flexibility index (Phi) is 4.79. The molecule has 1 fully saturated rings. The van der Waals surface area contributed by atoms with Crippen molar-refractivity contribution in [1.29, 1.82) is 0 Å². The van der Waals surface area contributed by atoms with E-state index in [9.17, 15) is 13.0 Å². The van der Waals surface area contributed by atoms with E-state index in [2.05, 4.69) is 20.8 Å². The van der Waals surface area contributed by atoms with Crippen molar-refractivity contribution in [3.63, 3.8) is 0 Å². The Morgan fingerprint density at radius 2 is 1.90 bits per heavy atom. The number of hydrogen-bond acceptors (Lipinski definition) is 2. The van der Waals surface area contributed by atoms with E-state index < -0.39 is 10.1 Å². The van der Waals surface area contributed by atoms with E-state index in [1.165, 1.54) is 6.42 Å². The molecule has 0 unspecified atom stereocenters. The molecule has 1 saturated carbocycles. The Balaban J connectivity index is 2.54. The maximum absolute atomic E-state index is 11.7. The van der Waals surface area contributed by atoms with Crippen LogP contribution in [0.5, 0.6) is 0 Å². The molecule has 0 saturated heterocycles. The van der Waals surface area contributed by atoms with Gasteiger partial charge in [-0.25, -0.2) is 0 Å². The van der Waals surface area contributed by atoms with Crippen LogP contribution in [0, 0.1) is 24.7 Å². The Labute approximate surface area is 128 Å². The number of benzene rings is 1. The van der Waals surface area contributed by atoms with Crippen molar-refractivity contribution in [3.8, 4) is 0 Å². The zero-order valence-corrected chi connectivity index (χ0v) is 14.2. The molecule has 0 heterocycles. The van der Waals surface area contributed by atoms with Gasteiger partial charge in [0.05, 0.1) is 4.90 Å². The molecule has 0 amide bonds. The lowest BCUT2D eigenvalue weighted by atomic mass is 9.67. The molecule has 2 rings (SSSR count). The molecule has 3 atom stereocenters. The van der Waals surface area contributed by atoms with Crippen LogP contribution in [-0.4, -0.2) is 13.0 Å². The Bertz CT molecular complexity index is 604. The minimum atomic E-state index is -4.17. The highest BCUT2D eigenvalue weighted by Crippen LogP contribution is 2.45. The van der Waals surface area contributed by atoms with Gasteiger partial charge in [-0.2, -0.15) is 8.42 Å². The Hall–Kier alpha value is -0.870. The molecule has 0 spiro atoms. The van der Waals surface area contributed by atoms with Crippen LogP contribution in [-0.2, 0) is 10.1 Å². The lowest BCUT2D eigenvalue weighted by molar-refractivity contribution is 0.195. The molecule has 1 aliphatic rings. The van der Waals surface area contributed by atoms with E-state index >= 15 is 0 Å². The Morgan fingerprint density at radius 1 is 1.24 bits per heavy atom. The maximum atomic E-state index is 11.7. The molecule has 1 aromatic carbocycles. The average molecular weight is 310 g/mol. The summed E-state index contributed by atoms with van der Waals surface area (Å²) in [7, 11) is -4.17. The third-order valence-corrected chi connectivity index (χ3v) is 5.79. The highest BCUT2D eigenvalue weighted by atomic mass is 32.2. The highest BCUT2D eigenvalue weighted by molar-refractivity contribution is 7.85. The molecule has 0 aliphatic heterocycles. The molecular weight excluding hydrogens is 284 g/mol. The van der Waals surface area contributed by atoms with E-state index in [0.717, 1.165) is 24.0 Å². The van der Waals surface area contributed by atoms with Gasteiger partial charge in [0.15, 0.2) is 0 Å². The summed E-state index contributed by atoms with van der Waals surface area (Å²) in [5.74, 6) is 1.80. The first kappa shape index (κ1) is 16.5. The fourth-order valence-corrected chi connectivity index (χ4v) is 4.50. The number of rotatable bonds is 3. The molecule has 118 valence electrons. The fourth-order valence-electron chi connectivity index (χ4n) is 3.75. The van der Waals surface area contributed by atoms with Crippen LogP contribution in [0.25, 0.3) is 0 Å². The van der Waals surface area contributed by atoms with Crippen LogP contribution < -0.4 is 0 Å². The zero-order chi connectivity index (χ0) is 15.8. The van der Waals surface area contributed by atoms with Crippen LogP contribution in [0.2, 0.25) is 0 Å². The van der Waals surface area contributed by atoms with Crippen molar-refractivity contribution >= 4 is 10.1 Å². The summed E-state index contributed by atoms with van der Waals surface area (Å²) < 4.78 is 33.0. The van der Waals surface area contributed by atoms with Crippen molar-refractivity contribution in [2.45, 2.75) is 57.8 Å². The van der Waals surface area contributed by atoms with Crippen molar-refractivity contribution in [2.75, 3.05) is 0 Å². The normalized spacial score (nSPS) is 27.0. The summed E-state index contributed by atoms with van der Waals surface area (Å²) in [5.41, 5.74) is 1.85. The monoisotopic (exact) mass is 310 g/mol. The largest absolute Gasteiger partial charge is 0.294 e. The second-order valence-electron chi connectivity index (χ2n) is 6.95. The van der Waals surface area contributed by atoms with E-state index in [4.69, 9.17) is 0 Å². The van der Waals surface area contributed by atoms with Gasteiger partial charge in [-0.3, -0.25) is 4.55 Å². The van der Waals surface area contributed by atoms with Gasteiger partial charge >= 0.3 is 0 Å². The van der Waals surface area contributed by atoms with Gasteiger partial charge in [0.1, 0.15) is 0 Å². The van der Waals surface area contributed by atoms with Crippen LogP contribution in [0.3, 0.4) is 0 Å². The van der Waals surface area contributed by atoms with Crippen LogP contribution in [0.4, 0.5) is 0 Å². The summed E-state index contributed by atoms with van der Waals surface area (Å²) >= 11 is 0. The van der Waals surface area contributed by atoms with Crippen molar-refractivity contribution in [1.82, 2.24) is 0 Å². The molecule has 0 radical (unpaired) electrons. The van der Waals surface area contributed by atoms with Gasteiger partial charge < -0.3 is 0 Å². The molecule has 0 aromatic heterocycles. The van der Waals surface area contributed by atoms with Gasteiger partial charge in [0, 0.05) is 0 Å². The smallest absolute Gasteiger partial charge is 0.282 e. The Morgan fingerprint density at radius 3 is 2.48 bits per heavy atom. The summed E-state index contributed by atoms with van der Waals surface area (Å²) in [6.45, 7) is 8.60. The first-order valence-electron chi connectivity index (χ1n) is 7.78. The van der Waals surface area contributed by atoms with Crippen molar-refractivity contribution in [3.05, 3.63) is 29.3 Å². The molecule has 1 aromatic rings. The molecule has 1 N–H and O–H groups in total. The van der Waals surface area contributed by atoms with E-state index in [1.54, 1.807) is 12.1 Å². The molecule has 4 heteroatoms. The van der Waals surface area contributed by atoms with E-state index in [-0.39, 0.29) is 10.8 Å². The topological polar surface area (TPSA) is 54.4 Å². The number of aryl methyl sites for hydroxylation is 1. The highest BCUT2D eigenvalue weighted by Gasteiger charge is 2.34. The second-order valence-corrected chi connectivity index (χ2v) is 8.34. The summed E-state index contributed by atoms with van der Waals surface area (Å²) in [6.07, 6.45) is 3.32.